The number of pyridine rings is 2. The van der Waals surface area contributed by atoms with Crippen molar-refractivity contribution in [3.63, 3.8) is 0 Å². The van der Waals surface area contributed by atoms with Gasteiger partial charge >= 0.3 is 6.09 Å². The highest BCUT2D eigenvalue weighted by molar-refractivity contribution is 5.99. The molecule has 178 valence electrons. The second-order valence-electron chi connectivity index (χ2n) is 8.41. The Morgan fingerprint density at radius 3 is 2.85 bits per heavy atom. The number of hydrogen-bond donors (Lipinski definition) is 3. The van der Waals surface area contributed by atoms with Gasteiger partial charge in [-0.1, -0.05) is 6.92 Å². The number of nitrogen functional groups attached to an aromatic ring is 1. The third-order valence-electron chi connectivity index (χ3n) is 6.06. The van der Waals surface area contributed by atoms with E-state index < -0.39 is 18.3 Å². The van der Waals surface area contributed by atoms with Gasteiger partial charge in [-0.2, -0.15) is 4.39 Å². The van der Waals surface area contributed by atoms with E-state index in [1.165, 1.54) is 12.4 Å². The normalized spacial score (nSPS) is 21.5. The number of rotatable bonds is 3. The number of nitrogens with one attached hydrogen (secondary N) is 2. The number of hydrogen-bond acceptors (Lipinski definition) is 8. The van der Waals surface area contributed by atoms with Crippen LogP contribution in [-0.2, 0) is 9.47 Å². The summed E-state index contributed by atoms with van der Waals surface area (Å²) < 4.78 is 44.6. The second kappa shape index (κ2) is 8.56. The van der Waals surface area contributed by atoms with Crippen molar-refractivity contribution in [3.05, 3.63) is 35.9 Å². The van der Waals surface area contributed by atoms with Gasteiger partial charge in [0.2, 0.25) is 5.88 Å². The van der Waals surface area contributed by atoms with E-state index in [-0.39, 0.29) is 41.5 Å². The van der Waals surface area contributed by atoms with E-state index in [1.54, 1.807) is 19.1 Å². The molecule has 2 aromatic heterocycles. The molecule has 34 heavy (non-hydrogen) atoms. The zero-order valence-corrected chi connectivity index (χ0v) is 18.5. The topological polar surface area (TPSA) is 121 Å². The Hall–Kier alpha value is -3.73. The van der Waals surface area contributed by atoms with Gasteiger partial charge in [0, 0.05) is 34.8 Å². The van der Waals surface area contributed by atoms with Crippen molar-refractivity contribution in [2.75, 3.05) is 36.1 Å². The van der Waals surface area contributed by atoms with Crippen molar-refractivity contribution in [2.45, 2.75) is 26.3 Å². The quantitative estimate of drug-likeness (QED) is 0.490. The molecular weight excluding hydrogens is 448 g/mol. The summed E-state index contributed by atoms with van der Waals surface area (Å²) in [6.07, 6.45) is 0.314. The summed E-state index contributed by atoms with van der Waals surface area (Å²) in [6.45, 7) is 4.54. The van der Waals surface area contributed by atoms with Gasteiger partial charge < -0.3 is 25.3 Å². The van der Waals surface area contributed by atoms with Crippen molar-refractivity contribution in [3.8, 4) is 17.0 Å². The molecule has 1 fully saturated rings. The molecule has 2 aliphatic rings. The first-order valence-electron chi connectivity index (χ1n) is 10.8. The van der Waals surface area contributed by atoms with E-state index in [0.29, 0.717) is 40.8 Å². The van der Waals surface area contributed by atoms with Crippen LogP contribution in [0, 0.1) is 18.7 Å². The van der Waals surface area contributed by atoms with Crippen LogP contribution in [0.5, 0.6) is 5.88 Å². The van der Waals surface area contributed by atoms with E-state index >= 15 is 4.39 Å². The second-order valence-corrected chi connectivity index (χ2v) is 8.41. The Balaban J connectivity index is 1.48. The Kier molecular flexibility index (Phi) is 5.56. The third-order valence-corrected chi connectivity index (χ3v) is 6.06. The molecule has 5 rings (SSSR count). The minimum atomic E-state index is -1.51. The summed E-state index contributed by atoms with van der Waals surface area (Å²) >= 11 is 0. The van der Waals surface area contributed by atoms with Gasteiger partial charge in [0.05, 0.1) is 25.4 Å². The first-order chi connectivity index (χ1) is 16.3. The van der Waals surface area contributed by atoms with Crippen LogP contribution in [0.15, 0.2) is 24.5 Å². The third kappa shape index (κ3) is 3.92. The molecule has 1 saturated heterocycles. The summed E-state index contributed by atoms with van der Waals surface area (Å²) in [5.74, 6) is -0.185. The fourth-order valence-corrected chi connectivity index (χ4v) is 4.12. The highest BCUT2D eigenvalue weighted by atomic mass is 19.1. The lowest BCUT2D eigenvalue weighted by Gasteiger charge is -2.24. The standard InChI is InChI=1S/C23H23F2N5O4/c1-10-8-32-9-16(10)33-23(31)30-18-4-12-3-13(19(25)20(26)15(12)6-27-18)14-5-29-22-21(11(14)2)28-7-17(24)34-22/h3-6,10,16-17,28H,7-9,26H2,1-2H3,(H,27,30,31)/t10-,16+,17+/m0/s1. The summed E-state index contributed by atoms with van der Waals surface area (Å²) in [5, 5.41) is 6.47. The van der Waals surface area contributed by atoms with Crippen LogP contribution < -0.4 is 21.1 Å². The van der Waals surface area contributed by atoms with Crippen LogP contribution in [0.25, 0.3) is 21.9 Å². The molecule has 1 amide bonds. The predicted molar refractivity (Wildman–Crippen MR) is 122 cm³/mol. The Morgan fingerprint density at radius 2 is 2.09 bits per heavy atom. The fraction of sp³-hybridized carbons (Fsp3) is 0.348. The van der Waals surface area contributed by atoms with Crippen molar-refractivity contribution in [1.29, 1.82) is 0 Å². The van der Waals surface area contributed by atoms with Crippen molar-refractivity contribution in [2.24, 2.45) is 5.92 Å². The first kappa shape index (κ1) is 22.1. The van der Waals surface area contributed by atoms with Crippen molar-refractivity contribution < 1.29 is 27.8 Å². The number of aromatic nitrogens is 2. The van der Waals surface area contributed by atoms with Gasteiger partial charge in [0.15, 0.2) is 5.82 Å². The summed E-state index contributed by atoms with van der Waals surface area (Å²) in [7, 11) is 0. The molecule has 1 aromatic carbocycles. The molecule has 4 N–H and O–H groups in total. The molecule has 4 heterocycles. The maximum Gasteiger partial charge on any atom is 0.413 e. The predicted octanol–water partition coefficient (Wildman–Crippen LogP) is 4.01. The average Bonchev–Trinajstić information content (AvgIpc) is 3.20. The minimum Gasteiger partial charge on any atom is -0.443 e. The van der Waals surface area contributed by atoms with Gasteiger partial charge in [0.25, 0.3) is 6.36 Å². The van der Waals surface area contributed by atoms with Crippen LogP contribution in [0.2, 0.25) is 0 Å². The number of benzene rings is 1. The Morgan fingerprint density at radius 1 is 1.26 bits per heavy atom. The molecule has 0 aliphatic carbocycles. The first-order valence-corrected chi connectivity index (χ1v) is 10.8. The van der Waals surface area contributed by atoms with Crippen LogP contribution >= 0.6 is 0 Å². The number of nitrogens with zero attached hydrogens (tertiary/aromatic N) is 2. The largest absolute Gasteiger partial charge is 0.443 e. The van der Waals surface area contributed by atoms with E-state index in [4.69, 9.17) is 19.9 Å². The molecule has 11 heteroatoms. The number of amides is 1. The number of fused-ring (bicyclic) bond motifs is 2. The van der Waals surface area contributed by atoms with Crippen molar-refractivity contribution in [1.82, 2.24) is 9.97 Å². The fourth-order valence-electron chi connectivity index (χ4n) is 4.12. The maximum absolute atomic E-state index is 15.3. The van der Waals surface area contributed by atoms with Crippen LogP contribution in [0.1, 0.15) is 12.5 Å². The maximum atomic E-state index is 15.3. The van der Waals surface area contributed by atoms with E-state index in [9.17, 15) is 9.18 Å². The van der Waals surface area contributed by atoms with Crippen LogP contribution in [0.4, 0.5) is 30.8 Å². The minimum absolute atomic E-state index is 0.0378. The zero-order chi connectivity index (χ0) is 24.0. The van der Waals surface area contributed by atoms with E-state index in [0.717, 1.165) is 0 Å². The van der Waals surface area contributed by atoms with E-state index in [2.05, 4.69) is 20.6 Å². The molecular formula is C23H23F2N5O4. The monoisotopic (exact) mass is 471 g/mol. The summed E-state index contributed by atoms with van der Waals surface area (Å²) in [5.41, 5.74) is 7.81. The molecule has 2 aliphatic heterocycles. The molecule has 0 unspecified atom stereocenters. The van der Waals surface area contributed by atoms with Crippen LogP contribution in [-0.4, -0.2) is 48.3 Å². The highest BCUT2D eigenvalue weighted by Gasteiger charge is 2.28. The molecule has 0 radical (unpaired) electrons. The lowest BCUT2D eigenvalue weighted by Crippen LogP contribution is -2.27. The SMILES string of the molecule is Cc1c(-c2cc3cc(NC(=O)O[C@@H]4COC[C@@H]4C)ncc3c(N)c2F)cnc2c1NC[C@H](F)O2. The van der Waals surface area contributed by atoms with Crippen LogP contribution in [0.3, 0.4) is 0 Å². The van der Waals surface area contributed by atoms with Gasteiger partial charge in [-0.3, -0.25) is 5.32 Å². The smallest absolute Gasteiger partial charge is 0.413 e. The molecule has 0 saturated carbocycles. The molecule has 0 spiro atoms. The molecule has 3 aromatic rings. The number of alkyl halides is 1. The Labute approximate surface area is 193 Å². The van der Waals surface area contributed by atoms with Gasteiger partial charge in [0.1, 0.15) is 17.6 Å². The van der Waals surface area contributed by atoms with Gasteiger partial charge in [-0.25, -0.2) is 19.2 Å². The summed E-state index contributed by atoms with van der Waals surface area (Å²) in [4.78, 5) is 20.6. The highest BCUT2D eigenvalue weighted by Crippen LogP contribution is 2.40. The number of ether oxygens (including phenoxy) is 3. The number of carbonyl (C=O) groups is 1. The average molecular weight is 471 g/mol. The number of halogens is 2. The zero-order valence-electron chi connectivity index (χ0n) is 18.5. The van der Waals surface area contributed by atoms with Gasteiger partial charge in [-0.05, 0) is 30.0 Å². The molecule has 9 nitrogen and oxygen atoms in total. The lowest BCUT2D eigenvalue weighted by molar-refractivity contribution is 0.0688. The molecule has 0 bridgehead atoms. The summed E-state index contributed by atoms with van der Waals surface area (Å²) in [6, 6.07) is 3.19. The Bertz CT molecular complexity index is 1290. The van der Waals surface area contributed by atoms with Gasteiger partial charge in [-0.15, -0.1) is 0 Å². The lowest BCUT2D eigenvalue weighted by atomic mass is 9.97. The molecule has 3 atom stereocenters. The van der Waals surface area contributed by atoms with E-state index in [1.807, 2.05) is 6.92 Å². The van der Waals surface area contributed by atoms with Crippen molar-refractivity contribution >= 4 is 34.1 Å². The number of anilines is 3. The number of carbonyl (C=O) groups excluding carboxylic acids is 1. The number of nitrogens with two attached hydrogens (primary N) is 1.